The molecule has 150 valence electrons. The second-order valence-electron chi connectivity index (χ2n) is 5.71. The second-order valence-corrected chi connectivity index (χ2v) is 8.81. The normalized spacial score (nSPS) is 15.0. The van der Waals surface area contributed by atoms with Gasteiger partial charge in [0.05, 0.1) is 13.2 Å². The maximum Gasteiger partial charge on any atom is 0.258 e. The molecule has 0 fully saturated rings. The van der Waals surface area contributed by atoms with E-state index in [0.717, 1.165) is 5.56 Å². The van der Waals surface area contributed by atoms with Crippen molar-refractivity contribution in [2.75, 3.05) is 47.2 Å². The number of nitrogens with one attached hydrogen (secondary N) is 1. The SMILES string of the molecule is CCOCC(C)COP(O)(=S)NCCOc1ccc(C(OC)OC)cc1. The van der Waals surface area contributed by atoms with E-state index < -0.39 is 12.9 Å². The third-order valence-electron chi connectivity index (χ3n) is 3.40. The highest BCUT2D eigenvalue weighted by Crippen LogP contribution is 2.37. The summed E-state index contributed by atoms with van der Waals surface area (Å²) in [4.78, 5) is 10.1. The Balaban J connectivity index is 2.29. The van der Waals surface area contributed by atoms with Crippen LogP contribution in [-0.4, -0.2) is 52.1 Å². The average Bonchev–Trinajstić information content (AvgIpc) is 2.64. The number of rotatable bonds is 14. The van der Waals surface area contributed by atoms with Gasteiger partial charge in [0, 0.05) is 38.9 Å². The minimum atomic E-state index is -3.01. The Labute approximate surface area is 161 Å². The molecule has 2 atom stereocenters. The average molecular weight is 407 g/mol. The molecular weight excluding hydrogens is 377 g/mol. The summed E-state index contributed by atoms with van der Waals surface area (Å²) >= 11 is 5.09. The highest BCUT2D eigenvalue weighted by molar-refractivity contribution is 8.08. The first kappa shape index (κ1) is 23.5. The van der Waals surface area contributed by atoms with Crippen molar-refractivity contribution in [2.45, 2.75) is 20.1 Å². The van der Waals surface area contributed by atoms with Crippen molar-refractivity contribution >= 4 is 18.4 Å². The summed E-state index contributed by atoms with van der Waals surface area (Å²) in [7, 11) is 3.17. The Morgan fingerprint density at radius 3 is 2.38 bits per heavy atom. The highest BCUT2D eigenvalue weighted by atomic mass is 32.5. The van der Waals surface area contributed by atoms with Gasteiger partial charge in [0.1, 0.15) is 12.4 Å². The second kappa shape index (κ2) is 12.8. The zero-order valence-corrected chi connectivity index (χ0v) is 17.6. The zero-order valence-electron chi connectivity index (χ0n) is 15.8. The molecule has 1 rings (SSSR count). The van der Waals surface area contributed by atoms with Crippen LogP contribution in [0.5, 0.6) is 5.75 Å². The molecule has 0 aliphatic heterocycles. The first-order chi connectivity index (χ1) is 12.4. The summed E-state index contributed by atoms with van der Waals surface area (Å²) in [5.41, 5.74) is 0.904. The van der Waals surface area contributed by atoms with Crippen LogP contribution in [-0.2, 0) is 30.5 Å². The van der Waals surface area contributed by atoms with Crippen LogP contribution in [0, 0.1) is 5.92 Å². The number of methoxy groups -OCH3 is 2. The van der Waals surface area contributed by atoms with Gasteiger partial charge in [-0.2, -0.15) is 0 Å². The third-order valence-corrected chi connectivity index (χ3v) is 5.23. The topological polar surface area (TPSA) is 78.4 Å². The van der Waals surface area contributed by atoms with Crippen LogP contribution in [0.3, 0.4) is 0 Å². The van der Waals surface area contributed by atoms with Gasteiger partial charge >= 0.3 is 0 Å². The fraction of sp³-hybridized carbons (Fsp3) is 0.647. The van der Waals surface area contributed by atoms with Crippen molar-refractivity contribution in [1.82, 2.24) is 5.09 Å². The molecule has 0 spiro atoms. The van der Waals surface area contributed by atoms with E-state index in [1.54, 1.807) is 14.2 Å². The molecule has 2 unspecified atom stereocenters. The molecule has 1 aromatic carbocycles. The van der Waals surface area contributed by atoms with Crippen molar-refractivity contribution in [3.63, 3.8) is 0 Å². The van der Waals surface area contributed by atoms with Gasteiger partial charge in [-0.15, -0.1) is 0 Å². The smallest absolute Gasteiger partial charge is 0.258 e. The maximum atomic E-state index is 10.1. The summed E-state index contributed by atoms with van der Waals surface area (Å²) in [6.07, 6.45) is -0.395. The van der Waals surface area contributed by atoms with E-state index in [2.05, 4.69) is 5.09 Å². The minimum Gasteiger partial charge on any atom is -0.492 e. The highest BCUT2D eigenvalue weighted by Gasteiger charge is 2.15. The first-order valence-corrected chi connectivity index (χ1v) is 11.2. The Bertz CT molecular complexity index is 541. The predicted molar refractivity (Wildman–Crippen MR) is 105 cm³/mol. The molecule has 0 aromatic heterocycles. The molecule has 7 nitrogen and oxygen atoms in total. The van der Waals surface area contributed by atoms with Gasteiger partial charge in [0.15, 0.2) is 6.29 Å². The van der Waals surface area contributed by atoms with Gasteiger partial charge in [0.2, 0.25) is 0 Å². The lowest BCUT2D eigenvalue weighted by Crippen LogP contribution is -2.21. The molecule has 0 aliphatic carbocycles. The molecule has 0 heterocycles. The van der Waals surface area contributed by atoms with Crippen LogP contribution in [0.15, 0.2) is 24.3 Å². The summed E-state index contributed by atoms with van der Waals surface area (Å²) < 4.78 is 26.7. The van der Waals surface area contributed by atoms with Crippen LogP contribution in [0.25, 0.3) is 0 Å². The quantitative estimate of drug-likeness (QED) is 0.277. The lowest BCUT2D eigenvalue weighted by atomic mass is 10.2. The van der Waals surface area contributed by atoms with E-state index in [4.69, 9.17) is 35.3 Å². The van der Waals surface area contributed by atoms with E-state index in [0.29, 0.717) is 38.7 Å². The van der Waals surface area contributed by atoms with Crippen LogP contribution < -0.4 is 9.82 Å². The molecule has 0 aliphatic rings. The van der Waals surface area contributed by atoms with Crippen molar-refractivity contribution in [2.24, 2.45) is 5.92 Å². The summed E-state index contributed by atoms with van der Waals surface area (Å²) in [5, 5.41) is 2.84. The largest absolute Gasteiger partial charge is 0.492 e. The molecule has 0 radical (unpaired) electrons. The molecule has 0 amide bonds. The van der Waals surface area contributed by atoms with Crippen molar-refractivity contribution in [3.8, 4) is 5.75 Å². The third kappa shape index (κ3) is 9.39. The van der Waals surface area contributed by atoms with Gasteiger partial charge in [-0.3, -0.25) is 0 Å². The Morgan fingerprint density at radius 2 is 1.81 bits per heavy atom. The van der Waals surface area contributed by atoms with Gasteiger partial charge in [0.25, 0.3) is 6.64 Å². The zero-order chi connectivity index (χ0) is 19.4. The van der Waals surface area contributed by atoms with E-state index in [1.807, 2.05) is 38.1 Å². The molecule has 0 saturated heterocycles. The van der Waals surface area contributed by atoms with E-state index in [9.17, 15) is 4.89 Å². The van der Waals surface area contributed by atoms with E-state index in [1.165, 1.54) is 0 Å². The van der Waals surface area contributed by atoms with Crippen LogP contribution >= 0.6 is 6.64 Å². The molecule has 2 N–H and O–H groups in total. The van der Waals surface area contributed by atoms with E-state index in [-0.39, 0.29) is 5.92 Å². The van der Waals surface area contributed by atoms with Crippen molar-refractivity contribution < 1.29 is 28.4 Å². The molecular formula is C17H30NO6PS. The predicted octanol–water partition coefficient (Wildman–Crippen LogP) is 2.85. The number of ether oxygens (including phenoxy) is 4. The lowest BCUT2D eigenvalue weighted by Gasteiger charge is -2.20. The van der Waals surface area contributed by atoms with Gasteiger partial charge in [-0.25, -0.2) is 5.09 Å². The Kier molecular flexibility index (Phi) is 11.5. The van der Waals surface area contributed by atoms with Gasteiger partial charge in [-0.05, 0) is 30.9 Å². The van der Waals surface area contributed by atoms with Crippen LogP contribution in [0.2, 0.25) is 0 Å². The van der Waals surface area contributed by atoms with Gasteiger partial charge in [-0.1, -0.05) is 19.1 Å². The Hall–Kier alpha value is -0.570. The van der Waals surface area contributed by atoms with Crippen LogP contribution in [0.1, 0.15) is 25.7 Å². The molecule has 26 heavy (non-hydrogen) atoms. The maximum absolute atomic E-state index is 10.1. The summed E-state index contributed by atoms with van der Waals surface area (Å²) in [6, 6.07) is 7.42. The van der Waals surface area contributed by atoms with Crippen molar-refractivity contribution in [3.05, 3.63) is 29.8 Å². The monoisotopic (exact) mass is 407 g/mol. The van der Waals surface area contributed by atoms with Gasteiger partial charge < -0.3 is 28.4 Å². The number of hydrogen-bond donors (Lipinski definition) is 2. The minimum absolute atomic E-state index is 0.170. The lowest BCUT2D eigenvalue weighted by molar-refractivity contribution is -0.106. The molecule has 1 aromatic rings. The fourth-order valence-corrected chi connectivity index (χ4v) is 3.46. The first-order valence-electron chi connectivity index (χ1n) is 8.50. The number of benzene rings is 1. The molecule has 0 saturated carbocycles. The van der Waals surface area contributed by atoms with Crippen LogP contribution in [0.4, 0.5) is 0 Å². The summed E-state index contributed by atoms with van der Waals surface area (Å²) in [5.74, 6) is 0.878. The molecule has 9 heteroatoms. The molecule has 0 bridgehead atoms. The Morgan fingerprint density at radius 1 is 1.15 bits per heavy atom. The van der Waals surface area contributed by atoms with Crippen molar-refractivity contribution in [1.29, 1.82) is 0 Å². The number of hydrogen-bond acceptors (Lipinski definition) is 6. The fourth-order valence-electron chi connectivity index (χ4n) is 2.09. The van der Waals surface area contributed by atoms with E-state index >= 15 is 0 Å². The standard InChI is InChI=1S/C17H30NO6PS/c1-5-22-12-14(2)13-24-25(19,26)18-10-11-23-16-8-6-15(7-9-16)17(20-3)21-4/h6-9,14,17H,5,10-13H2,1-4H3,(H2,18,19,26). The summed E-state index contributed by atoms with van der Waals surface area (Å²) in [6.45, 7) is 3.23.